The van der Waals surface area contributed by atoms with Gasteiger partial charge in [0.15, 0.2) is 9.84 Å². The average molecular weight is 642 g/mol. The van der Waals surface area contributed by atoms with Gasteiger partial charge in [-0.15, -0.1) is 0 Å². The summed E-state index contributed by atoms with van der Waals surface area (Å²) in [5.41, 5.74) is 4.42. The van der Waals surface area contributed by atoms with Crippen molar-refractivity contribution < 1.29 is 18.0 Å². The van der Waals surface area contributed by atoms with Crippen molar-refractivity contribution in [1.29, 1.82) is 0 Å². The number of aromatic amines is 1. The number of halogens is 2. The summed E-state index contributed by atoms with van der Waals surface area (Å²) in [5, 5.41) is 3.37. The third kappa shape index (κ3) is 5.76. The fourth-order valence-corrected chi connectivity index (χ4v) is 8.65. The molecule has 2 saturated heterocycles. The Kier molecular flexibility index (Phi) is 8.19. The van der Waals surface area contributed by atoms with Crippen molar-refractivity contribution in [2.75, 3.05) is 31.5 Å². The number of carbonyl (C=O) groups is 2. The van der Waals surface area contributed by atoms with Gasteiger partial charge >= 0.3 is 0 Å². The van der Waals surface area contributed by atoms with Gasteiger partial charge in [-0.2, -0.15) is 0 Å². The van der Waals surface area contributed by atoms with Crippen LogP contribution in [-0.4, -0.2) is 67.2 Å². The molecule has 2 amide bonds. The maximum atomic E-state index is 13.8. The molecule has 0 aliphatic carbocycles. The van der Waals surface area contributed by atoms with E-state index in [4.69, 9.17) is 23.2 Å². The second kappa shape index (κ2) is 11.8. The summed E-state index contributed by atoms with van der Waals surface area (Å²) in [6.45, 7) is 7.61. The molecule has 1 atom stereocenters. The van der Waals surface area contributed by atoms with Crippen molar-refractivity contribution in [2.24, 2.45) is 0 Å². The number of sulfone groups is 1. The summed E-state index contributed by atoms with van der Waals surface area (Å²) >= 11 is 12.5. The maximum Gasteiger partial charge on any atom is 0.256 e. The monoisotopic (exact) mass is 640 g/mol. The second-order valence-electron chi connectivity index (χ2n) is 11.6. The molecular weight excluding hydrogens is 607 g/mol. The zero-order valence-corrected chi connectivity index (χ0v) is 26.5. The topological polar surface area (TPSA) is 103 Å². The first-order valence-electron chi connectivity index (χ1n) is 14.6. The number of aromatic nitrogens is 1. The van der Waals surface area contributed by atoms with Crippen molar-refractivity contribution in [3.05, 3.63) is 80.1 Å². The highest BCUT2D eigenvalue weighted by atomic mass is 35.5. The Bertz CT molecular complexity index is 1740. The number of carbonyl (C=O) groups excluding carboxylic acids is 2. The quantitative estimate of drug-likeness (QED) is 0.304. The Morgan fingerprint density at radius 2 is 1.77 bits per heavy atom. The van der Waals surface area contributed by atoms with Gasteiger partial charge in [-0.05, 0) is 94.6 Å². The lowest BCUT2D eigenvalue weighted by molar-refractivity contribution is -0.110. The summed E-state index contributed by atoms with van der Waals surface area (Å²) in [6, 6.07) is 9.62. The molecule has 2 fully saturated rings. The van der Waals surface area contributed by atoms with E-state index in [-0.39, 0.29) is 38.5 Å². The van der Waals surface area contributed by atoms with Crippen LogP contribution in [0.25, 0.3) is 11.6 Å². The van der Waals surface area contributed by atoms with Crippen LogP contribution in [0.5, 0.6) is 0 Å². The molecule has 3 aliphatic heterocycles. The van der Waals surface area contributed by atoms with E-state index in [0.29, 0.717) is 33.6 Å². The number of H-pyrrole nitrogens is 1. The third-order valence-electron chi connectivity index (χ3n) is 8.81. The number of fused-ring (bicyclic) bond motifs is 1. The van der Waals surface area contributed by atoms with Crippen molar-refractivity contribution in [3.8, 4) is 0 Å². The molecule has 8 nitrogen and oxygen atoms in total. The van der Waals surface area contributed by atoms with E-state index >= 15 is 0 Å². The van der Waals surface area contributed by atoms with E-state index < -0.39 is 9.84 Å². The molecular formula is C32H34Cl2N4O4S. The maximum absolute atomic E-state index is 13.8. The van der Waals surface area contributed by atoms with Crippen molar-refractivity contribution in [2.45, 2.75) is 56.2 Å². The average Bonchev–Trinajstić information content (AvgIpc) is 3.75. The van der Waals surface area contributed by atoms with Gasteiger partial charge in [0.1, 0.15) is 0 Å². The van der Waals surface area contributed by atoms with Crippen LogP contribution in [0.2, 0.25) is 10.0 Å². The summed E-state index contributed by atoms with van der Waals surface area (Å²) in [4.78, 5) is 34.7. The molecule has 11 heteroatoms. The second-order valence-corrected chi connectivity index (χ2v) is 14.4. The summed E-state index contributed by atoms with van der Waals surface area (Å²) in [6.07, 6.45) is 6.14. The number of nitrogens with zero attached hydrogens (tertiary/aromatic N) is 2. The molecule has 0 spiro atoms. The molecule has 2 N–H and O–H groups in total. The lowest BCUT2D eigenvalue weighted by Crippen LogP contribution is -2.42. The fourth-order valence-electron chi connectivity index (χ4n) is 6.53. The molecule has 6 rings (SSSR count). The zero-order chi connectivity index (χ0) is 30.5. The minimum absolute atomic E-state index is 0.0143. The fraction of sp³-hybridized carbons (Fsp3) is 0.375. The molecule has 226 valence electrons. The number of hydrogen-bond donors (Lipinski definition) is 2. The van der Waals surface area contributed by atoms with E-state index in [1.165, 1.54) is 25.0 Å². The van der Waals surface area contributed by atoms with Crippen molar-refractivity contribution >= 4 is 62.2 Å². The van der Waals surface area contributed by atoms with Crippen LogP contribution in [0.4, 0.5) is 5.69 Å². The first-order valence-corrected chi connectivity index (χ1v) is 17.0. The molecule has 3 aromatic rings. The zero-order valence-electron chi connectivity index (χ0n) is 24.2. The molecule has 1 unspecified atom stereocenters. The summed E-state index contributed by atoms with van der Waals surface area (Å²) in [5.74, 6) is -0.704. The van der Waals surface area contributed by atoms with E-state index in [0.717, 1.165) is 50.3 Å². The molecule has 0 radical (unpaired) electrons. The number of aryl methyl sites for hydroxylation is 1. The predicted molar refractivity (Wildman–Crippen MR) is 170 cm³/mol. The molecule has 4 heterocycles. The van der Waals surface area contributed by atoms with Gasteiger partial charge in [0, 0.05) is 57.4 Å². The van der Waals surface area contributed by atoms with E-state index in [1.807, 2.05) is 18.7 Å². The van der Waals surface area contributed by atoms with Gasteiger partial charge in [-0.1, -0.05) is 29.3 Å². The first-order chi connectivity index (χ1) is 20.5. The van der Waals surface area contributed by atoms with Crippen LogP contribution >= 0.6 is 23.2 Å². The normalized spacial score (nSPS) is 19.8. The Morgan fingerprint density at radius 3 is 2.49 bits per heavy atom. The van der Waals surface area contributed by atoms with Crippen LogP contribution in [0, 0.1) is 13.8 Å². The molecule has 0 bridgehead atoms. The standard InChI is InChI=1S/C32H34Cl2N4O4S/c1-19-29(35-20(2)30(19)32(40)38-14-6-7-21(38)17-37-12-3-4-13-37)16-24-23-15-22(10-11-28(23)36-31(24)39)43(41,42)18-25-26(33)8-5-9-27(25)34/h5,8-11,15-16,21,35H,3-4,6-7,12-14,17-18H2,1-2H3,(H,36,39)/b24-16+. The Hall–Kier alpha value is -3.11. The minimum Gasteiger partial charge on any atom is -0.358 e. The van der Waals surface area contributed by atoms with Crippen LogP contribution in [0.3, 0.4) is 0 Å². The predicted octanol–water partition coefficient (Wildman–Crippen LogP) is 6.11. The highest BCUT2D eigenvalue weighted by Crippen LogP contribution is 2.37. The lowest BCUT2D eigenvalue weighted by atomic mass is 10.0. The van der Waals surface area contributed by atoms with Crippen molar-refractivity contribution in [1.82, 2.24) is 14.8 Å². The molecule has 1 aromatic heterocycles. The Morgan fingerprint density at radius 1 is 1.05 bits per heavy atom. The SMILES string of the molecule is Cc1[nH]c(/C=C2/C(=O)Nc3ccc(S(=O)(=O)Cc4c(Cl)cccc4Cl)cc32)c(C)c1C(=O)N1CCCC1CN1CCCC1. The van der Waals surface area contributed by atoms with Crippen LogP contribution in [-0.2, 0) is 20.4 Å². The van der Waals surface area contributed by atoms with Crippen LogP contribution < -0.4 is 5.32 Å². The van der Waals surface area contributed by atoms with Gasteiger partial charge in [0.25, 0.3) is 11.8 Å². The van der Waals surface area contributed by atoms with E-state index in [2.05, 4.69) is 15.2 Å². The van der Waals surface area contributed by atoms with Gasteiger partial charge in [-0.25, -0.2) is 8.42 Å². The molecule has 43 heavy (non-hydrogen) atoms. The third-order valence-corrected chi connectivity index (χ3v) is 11.2. The number of likely N-dealkylation sites (tertiary alicyclic amines) is 2. The minimum atomic E-state index is -3.84. The number of nitrogens with one attached hydrogen (secondary N) is 2. The Labute approximate surface area is 262 Å². The van der Waals surface area contributed by atoms with E-state index in [1.54, 1.807) is 30.3 Å². The van der Waals surface area contributed by atoms with Gasteiger partial charge in [-0.3, -0.25) is 9.59 Å². The number of hydrogen-bond acceptors (Lipinski definition) is 5. The highest BCUT2D eigenvalue weighted by molar-refractivity contribution is 7.90. The van der Waals surface area contributed by atoms with Gasteiger partial charge < -0.3 is 20.1 Å². The summed E-state index contributed by atoms with van der Waals surface area (Å²) < 4.78 is 26.8. The largest absolute Gasteiger partial charge is 0.358 e. The van der Waals surface area contributed by atoms with Gasteiger partial charge in [0.2, 0.25) is 0 Å². The Balaban J connectivity index is 1.29. The number of benzene rings is 2. The molecule has 3 aliphatic rings. The molecule has 0 saturated carbocycles. The van der Waals surface area contributed by atoms with E-state index in [9.17, 15) is 18.0 Å². The van der Waals surface area contributed by atoms with Gasteiger partial charge in [0.05, 0.1) is 21.8 Å². The summed E-state index contributed by atoms with van der Waals surface area (Å²) in [7, 11) is -3.84. The number of rotatable bonds is 7. The highest BCUT2D eigenvalue weighted by Gasteiger charge is 2.34. The lowest BCUT2D eigenvalue weighted by Gasteiger charge is -2.28. The molecule has 2 aromatic carbocycles. The number of anilines is 1. The van der Waals surface area contributed by atoms with Crippen molar-refractivity contribution in [3.63, 3.8) is 0 Å². The van der Waals surface area contributed by atoms with Crippen LogP contribution in [0.15, 0.2) is 41.3 Å². The number of amides is 2. The smallest absolute Gasteiger partial charge is 0.256 e. The first kappa shape index (κ1) is 29.9. The van der Waals surface area contributed by atoms with Crippen LogP contribution in [0.1, 0.15) is 64.1 Å².